The minimum absolute atomic E-state index is 0.0329. The quantitative estimate of drug-likeness (QED) is 0.776. The lowest BCUT2D eigenvalue weighted by atomic mass is 10.4. The lowest BCUT2D eigenvalue weighted by Crippen LogP contribution is -2.30. The summed E-state index contributed by atoms with van der Waals surface area (Å²) in [7, 11) is -6.75. The molecule has 0 bridgehead atoms. The second-order valence-corrected chi connectivity index (χ2v) is 9.31. The largest absolute Gasteiger partial charge is 0.355 e. The molecule has 9 heteroatoms. The number of carbonyl (C=O) groups is 1. The lowest BCUT2D eigenvalue weighted by molar-refractivity contribution is -0.120. The van der Waals surface area contributed by atoms with E-state index in [-0.39, 0.29) is 29.4 Å². The van der Waals surface area contributed by atoms with E-state index in [0.717, 1.165) is 6.26 Å². The Morgan fingerprint density at radius 1 is 1.19 bits per heavy atom. The molecule has 0 spiro atoms. The van der Waals surface area contributed by atoms with Gasteiger partial charge in [-0.1, -0.05) is 17.7 Å². The number of carbonyl (C=O) groups excluding carboxylic acids is 1. The summed E-state index contributed by atoms with van der Waals surface area (Å²) in [6.45, 7) is -0.0329. The van der Waals surface area contributed by atoms with Gasteiger partial charge in [-0.05, 0) is 18.2 Å². The molecule has 6 nitrogen and oxygen atoms in total. The van der Waals surface area contributed by atoms with E-state index in [1.165, 1.54) is 18.2 Å². The molecule has 0 heterocycles. The van der Waals surface area contributed by atoms with Crippen LogP contribution in [0.5, 0.6) is 0 Å². The highest BCUT2D eigenvalue weighted by Gasteiger charge is 2.16. The first-order chi connectivity index (χ1) is 9.60. The summed E-state index contributed by atoms with van der Waals surface area (Å²) in [5.74, 6) is -1.05. The van der Waals surface area contributed by atoms with Crippen molar-refractivity contribution in [3.8, 4) is 0 Å². The van der Waals surface area contributed by atoms with Crippen molar-refractivity contribution in [2.45, 2.75) is 11.3 Å². The third-order valence-electron chi connectivity index (χ3n) is 2.55. The summed E-state index contributed by atoms with van der Waals surface area (Å²) < 4.78 is 45.7. The summed E-state index contributed by atoms with van der Waals surface area (Å²) in [6.07, 6.45) is 0.821. The number of rotatable bonds is 7. The van der Waals surface area contributed by atoms with Crippen molar-refractivity contribution in [3.05, 3.63) is 29.3 Å². The van der Waals surface area contributed by atoms with Crippen LogP contribution in [0.15, 0.2) is 29.2 Å². The Morgan fingerprint density at radius 2 is 1.86 bits per heavy atom. The molecule has 0 radical (unpaired) electrons. The van der Waals surface area contributed by atoms with Gasteiger partial charge in [-0.2, -0.15) is 0 Å². The highest BCUT2D eigenvalue weighted by atomic mass is 35.5. The second kappa shape index (κ2) is 7.24. The Morgan fingerprint density at radius 3 is 2.43 bits per heavy atom. The minimum Gasteiger partial charge on any atom is -0.355 e. The van der Waals surface area contributed by atoms with E-state index in [9.17, 15) is 21.6 Å². The van der Waals surface area contributed by atoms with Gasteiger partial charge in [-0.15, -0.1) is 0 Å². The number of benzene rings is 1. The maximum Gasteiger partial charge on any atom is 0.221 e. The van der Waals surface area contributed by atoms with Crippen LogP contribution in [0, 0.1) is 0 Å². The van der Waals surface area contributed by atoms with Crippen LogP contribution in [0.2, 0.25) is 5.02 Å². The molecular weight excluding hydrogens is 338 g/mol. The molecule has 0 aromatic heterocycles. The van der Waals surface area contributed by atoms with E-state index in [0.29, 0.717) is 5.02 Å². The Balaban J connectivity index is 2.52. The molecule has 118 valence electrons. The Labute approximate surface area is 129 Å². The summed E-state index contributed by atoms with van der Waals surface area (Å²) in [5, 5.41) is 2.67. The van der Waals surface area contributed by atoms with Crippen molar-refractivity contribution >= 4 is 37.2 Å². The number of sulfone groups is 2. The van der Waals surface area contributed by atoms with E-state index in [2.05, 4.69) is 5.32 Å². The monoisotopic (exact) mass is 353 g/mol. The van der Waals surface area contributed by atoms with Crippen LogP contribution in [-0.4, -0.2) is 47.0 Å². The summed E-state index contributed by atoms with van der Waals surface area (Å²) in [5.41, 5.74) is 0. The fourth-order valence-corrected chi connectivity index (χ4v) is 3.48. The highest BCUT2D eigenvalue weighted by molar-refractivity contribution is 7.91. The van der Waals surface area contributed by atoms with Gasteiger partial charge in [-0.25, -0.2) is 16.8 Å². The zero-order valence-electron chi connectivity index (χ0n) is 11.4. The normalized spacial score (nSPS) is 12.1. The van der Waals surface area contributed by atoms with Crippen LogP contribution in [-0.2, 0) is 24.5 Å². The molecule has 1 rings (SSSR count). The summed E-state index contributed by atoms with van der Waals surface area (Å²) in [6, 6.07) is 5.79. The van der Waals surface area contributed by atoms with E-state index in [4.69, 9.17) is 11.6 Å². The van der Waals surface area contributed by atoms with Gasteiger partial charge >= 0.3 is 0 Å². The molecule has 1 amide bonds. The number of nitrogens with one attached hydrogen (secondary N) is 1. The van der Waals surface area contributed by atoms with Crippen molar-refractivity contribution in [1.29, 1.82) is 0 Å². The van der Waals surface area contributed by atoms with Crippen LogP contribution in [0.25, 0.3) is 0 Å². The first-order valence-electron chi connectivity index (χ1n) is 6.03. The van der Waals surface area contributed by atoms with E-state index >= 15 is 0 Å². The van der Waals surface area contributed by atoms with Crippen molar-refractivity contribution in [2.24, 2.45) is 0 Å². The molecule has 0 aliphatic heterocycles. The molecule has 0 saturated carbocycles. The predicted molar refractivity (Wildman–Crippen MR) is 80.8 cm³/mol. The zero-order valence-corrected chi connectivity index (χ0v) is 13.8. The fourth-order valence-electron chi connectivity index (χ4n) is 1.47. The van der Waals surface area contributed by atoms with Crippen molar-refractivity contribution in [3.63, 3.8) is 0 Å². The lowest BCUT2D eigenvalue weighted by Gasteiger charge is -2.06. The van der Waals surface area contributed by atoms with Gasteiger partial charge in [0.15, 0.2) is 9.84 Å². The Hall–Kier alpha value is -1.12. The molecule has 0 fully saturated rings. The SMILES string of the molecule is CS(=O)(=O)CCNC(=O)CCS(=O)(=O)c1cccc(Cl)c1. The molecule has 1 aromatic carbocycles. The predicted octanol–water partition coefficient (Wildman–Crippen LogP) is 0.665. The summed E-state index contributed by atoms with van der Waals surface area (Å²) in [4.78, 5) is 11.5. The molecule has 1 aromatic rings. The third kappa shape index (κ3) is 6.92. The Kier molecular flexibility index (Phi) is 6.18. The topological polar surface area (TPSA) is 97.4 Å². The smallest absolute Gasteiger partial charge is 0.221 e. The first-order valence-corrected chi connectivity index (χ1v) is 10.1. The van der Waals surface area contributed by atoms with Gasteiger partial charge in [0.2, 0.25) is 5.91 Å². The summed E-state index contributed by atoms with van der Waals surface area (Å²) >= 11 is 5.72. The van der Waals surface area contributed by atoms with E-state index in [1.807, 2.05) is 0 Å². The van der Waals surface area contributed by atoms with Crippen molar-refractivity contribution in [2.75, 3.05) is 24.3 Å². The minimum atomic E-state index is -3.59. The standard InChI is InChI=1S/C12H16ClNO5S2/c1-20(16,17)8-6-14-12(15)5-7-21(18,19)11-4-2-3-10(13)9-11/h2-4,9H,5-8H2,1H3,(H,14,15). The molecular formula is C12H16ClNO5S2. The molecule has 0 saturated heterocycles. The van der Waals surface area contributed by atoms with Crippen LogP contribution in [0.4, 0.5) is 0 Å². The first kappa shape index (κ1) is 17.9. The Bertz CT molecular complexity index is 713. The van der Waals surface area contributed by atoms with Crippen molar-refractivity contribution in [1.82, 2.24) is 5.32 Å². The average Bonchev–Trinajstić information content (AvgIpc) is 2.35. The van der Waals surface area contributed by atoms with Gasteiger partial charge in [-0.3, -0.25) is 4.79 Å². The number of halogens is 1. The third-order valence-corrected chi connectivity index (χ3v) is 5.44. The fraction of sp³-hybridized carbons (Fsp3) is 0.417. The maximum atomic E-state index is 12.0. The van der Waals surface area contributed by atoms with Gasteiger partial charge < -0.3 is 5.32 Å². The van der Waals surface area contributed by atoms with E-state index in [1.54, 1.807) is 6.07 Å². The van der Waals surface area contributed by atoms with Crippen molar-refractivity contribution < 1.29 is 21.6 Å². The van der Waals surface area contributed by atoms with Gasteiger partial charge in [0.25, 0.3) is 0 Å². The number of hydrogen-bond donors (Lipinski definition) is 1. The number of hydrogen-bond acceptors (Lipinski definition) is 5. The second-order valence-electron chi connectivity index (χ2n) is 4.51. The molecule has 0 aliphatic rings. The highest BCUT2D eigenvalue weighted by Crippen LogP contribution is 2.17. The van der Waals surface area contributed by atoms with E-state index < -0.39 is 25.6 Å². The van der Waals surface area contributed by atoms with Crippen LogP contribution in [0.1, 0.15) is 6.42 Å². The van der Waals surface area contributed by atoms with Gasteiger partial charge in [0, 0.05) is 24.2 Å². The van der Waals surface area contributed by atoms with Crippen LogP contribution >= 0.6 is 11.6 Å². The molecule has 0 aliphatic carbocycles. The van der Waals surface area contributed by atoms with Gasteiger partial charge in [0.05, 0.1) is 16.4 Å². The molecule has 1 N–H and O–H groups in total. The van der Waals surface area contributed by atoms with Crippen LogP contribution < -0.4 is 5.32 Å². The molecule has 21 heavy (non-hydrogen) atoms. The van der Waals surface area contributed by atoms with Gasteiger partial charge in [0.1, 0.15) is 9.84 Å². The molecule has 0 atom stereocenters. The zero-order chi connectivity index (χ0) is 16.1. The average molecular weight is 354 g/mol. The van der Waals surface area contributed by atoms with Crippen LogP contribution in [0.3, 0.4) is 0 Å². The maximum absolute atomic E-state index is 12.0. The molecule has 0 unspecified atom stereocenters. The number of amides is 1.